The van der Waals surface area contributed by atoms with Gasteiger partial charge in [-0.05, 0) is 49.2 Å². The molecule has 166 valence electrons. The number of rotatable bonds is 7. The van der Waals surface area contributed by atoms with E-state index >= 15 is 0 Å². The van der Waals surface area contributed by atoms with Gasteiger partial charge in [0.05, 0.1) is 27.9 Å². The van der Waals surface area contributed by atoms with Gasteiger partial charge in [0.15, 0.2) is 16.6 Å². The average molecular weight is 438 g/mol. The quantitative estimate of drug-likeness (QED) is 0.653. The van der Waals surface area contributed by atoms with Gasteiger partial charge in [0.1, 0.15) is 6.10 Å². The molecule has 3 rings (SSSR count). The van der Waals surface area contributed by atoms with Crippen LogP contribution in [0.25, 0.3) is 0 Å². The monoisotopic (exact) mass is 437 g/mol. The largest absolute Gasteiger partial charge is 0.493 e. The molecular weight excluding hydrogens is 406 g/mol. The summed E-state index contributed by atoms with van der Waals surface area (Å²) in [4.78, 5) is 16.1. The van der Waals surface area contributed by atoms with E-state index in [0.29, 0.717) is 35.5 Å². The van der Waals surface area contributed by atoms with E-state index < -0.39 is 0 Å². The lowest BCUT2D eigenvalue weighted by molar-refractivity contribution is 0.119. The molecule has 30 heavy (non-hydrogen) atoms. The lowest BCUT2D eigenvalue weighted by Crippen LogP contribution is -2.49. The van der Waals surface area contributed by atoms with Crippen LogP contribution in [0.1, 0.15) is 31.7 Å². The van der Waals surface area contributed by atoms with E-state index in [1.165, 1.54) is 0 Å². The minimum atomic E-state index is -0.177. The van der Waals surface area contributed by atoms with Crippen LogP contribution in [-0.4, -0.2) is 74.1 Å². The fourth-order valence-corrected chi connectivity index (χ4v) is 4.21. The second-order valence-corrected chi connectivity index (χ2v) is 7.86. The van der Waals surface area contributed by atoms with E-state index in [1.54, 1.807) is 21.3 Å². The number of benzene rings is 1. The highest BCUT2D eigenvalue weighted by molar-refractivity contribution is 7.80. The first kappa shape index (κ1) is 22.3. The predicted molar refractivity (Wildman–Crippen MR) is 117 cm³/mol. The number of thiocarbonyl (C=S) groups is 1. The van der Waals surface area contributed by atoms with Gasteiger partial charge in [-0.25, -0.2) is 4.79 Å². The molecule has 1 amide bonds. The van der Waals surface area contributed by atoms with Crippen molar-refractivity contribution in [2.24, 2.45) is 0 Å². The van der Waals surface area contributed by atoms with Crippen LogP contribution in [0.2, 0.25) is 0 Å². The summed E-state index contributed by atoms with van der Waals surface area (Å²) in [6.07, 6.45) is 2.48. The molecule has 1 aromatic rings. The van der Waals surface area contributed by atoms with Crippen molar-refractivity contribution >= 4 is 23.4 Å². The van der Waals surface area contributed by atoms with Gasteiger partial charge in [-0.1, -0.05) is 6.92 Å². The van der Waals surface area contributed by atoms with Gasteiger partial charge in [-0.15, -0.1) is 0 Å². The summed E-state index contributed by atoms with van der Waals surface area (Å²) < 4.78 is 21.6. The van der Waals surface area contributed by atoms with Crippen LogP contribution < -0.4 is 19.5 Å². The third kappa shape index (κ3) is 4.83. The zero-order valence-electron chi connectivity index (χ0n) is 18.1. The number of hydrogen-bond donors (Lipinski definition) is 1. The molecule has 0 aromatic heterocycles. The lowest BCUT2D eigenvalue weighted by Gasteiger charge is -2.37. The number of likely N-dealkylation sites (tertiary alicyclic amines) is 1. The summed E-state index contributed by atoms with van der Waals surface area (Å²) in [6.45, 7) is 4.91. The SMILES string of the molecule is CCC1CN(C2CCN(C(=S)NCc3cc(OC)c(OC)c(OC)c3)CC2)C(=O)O1. The lowest BCUT2D eigenvalue weighted by atomic mass is 10.0. The molecule has 0 bridgehead atoms. The molecule has 2 aliphatic heterocycles. The van der Waals surface area contributed by atoms with Crippen LogP contribution in [-0.2, 0) is 11.3 Å². The van der Waals surface area contributed by atoms with E-state index in [0.717, 1.165) is 37.9 Å². The van der Waals surface area contributed by atoms with Crippen LogP contribution in [0.4, 0.5) is 4.79 Å². The highest BCUT2D eigenvalue weighted by Crippen LogP contribution is 2.38. The molecule has 1 aromatic carbocycles. The van der Waals surface area contributed by atoms with Crippen molar-refractivity contribution < 1.29 is 23.7 Å². The van der Waals surface area contributed by atoms with Gasteiger partial charge in [0.2, 0.25) is 5.75 Å². The first-order chi connectivity index (χ1) is 14.5. The number of nitrogens with one attached hydrogen (secondary N) is 1. The van der Waals surface area contributed by atoms with Crippen molar-refractivity contribution in [3.8, 4) is 17.2 Å². The van der Waals surface area contributed by atoms with Crippen molar-refractivity contribution in [3.05, 3.63) is 17.7 Å². The summed E-state index contributed by atoms with van der Waals surface area (Å²) in [5, 5.41) is 4.02. The summed E-state index contributed by atoms with van der Waals surface area (Å²) in [5.41, 5.74) is 0.979. The molecule has 1 atom stereocenters. The second-order valence-electron chi connectivity index (χ2n) is 7.48. The normalized spacial score (nSPS) is 19.5. The van der Waals surface area contributed by atoms with E-state index in [1.807, 2.05) is 24.0 Å². The van der Waals surface area contributed by atoms with Crippen molar-refractivity contribution in [1.82, 2.24) is 15.1 Å². The number of ether oxygens (including phenoxy) is 4. The standard InChI is InChI=1S/C21H31N3O5S/c1-5-16-13-24(21(25)29-16)15-6-8-23(9-7-15)20(30)22-12-14-10-17(26-2)19(28-4)18(11-14)27-3/h10-11,15-16H,5-9,12-13H2,1-4H3,(H,22,30). The van der Waals surface area contributed by atoms with Crippen molar-refractivity contribution in [1.29, 1.82) is 0 Å². The number of piperidine rings is 1. The molecule has 2 heterocycles. The Balaban J connectivity index is 1.52. The number of carbonyl (C=O) groups excluding carboxylic acids is 1. The number of cyclic esters (lactones) is 1. The molecule has 1 unspecified atom stereocenters. The van der Waals surface area contributed by atoms with Gasteiger partial charge in [-0.2, -0.15) is 0 Å². The number of methoxy groups -OCH3 is 3. The maximum atomic E-state index is 12.1. The summed E-state index contributed by atoms with van der Waals surface area (Å²) in [7, 11) is 4.78. The van der Waals surface area contributed by atoms with Crippen LogP contribution >= 0.6 is 12.2 Å². The van der Waals surface area contributed by atoms with Crippen LogP contribution in [0.15, 0.2) is 12.1 Å². The Morgan fingerprint density at radius 2 is 1.80 bits per heavy atom. The maximum absolute atomic E-state index is 12.1. The van der Waals surface area contributed by atoms with E-state index in [9.17, 15) is 4.79 Å². The molecule has 2 aliphatic rings. The van der Waals surface area contributed by atoms with Crippen molar-refractivity contribution in [3.63, 3.8) is 0 Å². The van der Waals surface area contributed by atoms with Gasteiger partial charge in [-0.3, -0.25) is 0 Å². The van der Waals surface area contributed by atoms with Crippen LogP contribution in [0.5, 0.6) is 17.2 Å². The summed E-state index contributed by atoms with van der Waals surface area (Å²) in [6, 6.07) is 4.04. The van der Waals surface area contributed by atoms with Gasteiger partial charge in [0.25, 0.3) is 0 Å². The molecule has 9 heteroatoms. The van der Waals surface area contributed by atoms with E-state index in [-0.39, 0.29) is 18.2 Å². The zero-order chi connectivity index (χ0) is 21.7. The van der Waals surface area contributed by atoms with Gasteiger partial charge >= 0.3 is 6.09 Å². The zero-order valence-corrected chi connectivity index (χ0v) is 18.9. The summed E-state index contributed by atoms with van der Waals surface area (Å²) in [5.74, 6) is 1.80. The Kier molecular flexibility index (Phi) is 7.47. The molecular formula is C21H31N3O5S. The molecule has 8 nitrogen and oxygen atoms in total. The number of carbonyl (C=O) groups is 1. The molecule has 0 radical (unpaired) electrons. The molecule has 1 N–H and O–H groups in total. The fourth-order valence-electron chi connectivity index (χ4n) is 3.96. The number of hydrogen-bond acceptors (Lipinski definition) is 6. The van der Waals surface area contributed by atoms with Crippen molar-refractivity contribution in [2.75, 3.05) is 41.0 Å². The first-order valence-electron chi connectivity index (χ1n) is 10.3. The Morgan fingerprint density at radius 1 is 1.17 bits per heavy atom. The fraction of sp³-hybridized carbons (Fsp3) is 0.619. The van der Waals surface area contributed by atoms with E-state index in [2.05, 4.69) is 10.2 Å². The maximum Gasteiger partial charge on any atom is 0.410 e. The minimum Gasteiger partial charge on any atom is -0.493 e. The Morgan fingerprint density at radius 3 is 2.30 bits per heavy atom. The third-order valence-corrected chi connectivity index (χ3v) is 6.12. The predicted octanol–water partition coefficient (Wildman–Crippen LogP) is 2.78. The number of nitrogens with zero attached hydrogens (tertiary/aromatic N) is 2. The van der Waals surface area contributed by atoms with Crippen molar-refractivity contribution in [2.45, 2.75) is 44.9 Å². The summed E-state index contributed by atoms with van der Waals surface area (Å²) >= 11 is 5.60. The Labute approximate surface area is 183 Å². The van der Waals surface area contributed by atoms with E-state index in [4.69, 9.17) is 31.2 Å². The Bertz CT molecular complexity index is 742. The number of amides is 1. The minimum absolute atomic E-state index is 0.0248. The molecule has 2 saturated heterocycles. The second kappa shape index (κ2) is 10.1. The molecule has 0 aliphatic carbocycles. The van der Waals surface area contributed by atoms with Crippen LogP contribution in [0, 0.1) is 0 Å². The van der Waals surface area contributed by atoms with Crippen LogP contribution in [0.3, 0.4) is 0 Å². The molecule has 2 fully saturated rings. The Hall–Kier alpha value is -2.42. The molecule has 0 saturated carbocycles. The highest BCUT2D eigenvalue weighted by atomic mass is 32.1. The topological polar surface area (TPSA) is 72.5 Å². The smallest absolute Gasteiger partial charge is 0.410 e. The highest BCUT2D eigenvalue weighted by Gasteiger charge is 2.36. The van der Waals surface area contributed by atoms with Gasteiger partial charge in [0, 0.05) is 25.7 Å². The first-order valence-corrected chi connectivity index (χ1v) is 10.7. The van der Waals surface area contributed by atoms with Gasteiger partial charge < -0.3 is 34.1 Å². The average Bonchev–Trinajstić information content (AvgIpc) is 3.17. The molecule has 0 spiro atoms. The third-order valence-electron chi connectivity index (χ3n) is 5.72.